The van der Waals surface area contributed by atoms with Crippen LogP contribution in [0.15, 0.2) is 24.3 Å². The zero-order chi connectivity index (χ0) is 14.6. The molecule has 110 valence electrons. The minimum absolute atomic E-state index is 0.307. The van der Waals surface area contributed by atoms with E-state index < -0.39 is 0 Å². The summed E-state index contributed by atoms with van der Waals surface area (Å²) in [5, 5.41) is 0. The van der Waals surface area contributed by atoms with Gasteiger partial charge in [0.05, 0.1) is 7.11 Å². The molecule has 0 unspecified atom stereocenters. The fourth-order valence-electron chi connectivity index (χ4n) is 2.99. The van der Waals surface area contributed by atoms with Gasteiger partial charge in [-0.25, -0.2) is 0 Å². The van der Waals surface area contributed by atoms with Gasteiger partial charge in [-0.1, -0.05) is 26.0 Å². The Morgan fingerprint density at radius 3 is 2.35 bits per heavy atom. The van der Waals surface area contributed by atoms with Crippen molar-refractivity contribution in [2.45, 2.75) is 52.4 Å². The van der Waals surface area contributed by atoms with E-state index in [2.05, 4.69) is 26.0 Å². The highest BCUT2D eigenvalue weighted by Gasteiger charge is 2.29. The fraction of sp³-hybridized carbons (Fsp3) is 0.611. The first-order chi connectivity index (χ1) is 9.50. The largest absolute Gasteiger partial charge is 0.497 e. The van der Waals surface area contributed by atoms with E-state index in [1.807, 2.05) is 12.1 Å². The van der Waals surface area contributed by atoms with Crippen molar-refractivity contribution in [3.8, 4) is 5.75 Å². The molecular weight excluding hydrogens is 248 g/mol. The number of rotatable bonds is 5. The van der Waals surface area contributed by atoms with Gasteiger partial charge in [0.2, 0.25) is 0 Å². The van der Waals surface area contributed by atoms with Crippen molar-refractivity contribution >= 4 is 5.78 Å². The molecule has 1 aromatic rings. The summed E-state index contributed by atoms with van der Waals surface area (Å²) >= 11 is 0. The molecule has 1 saturated carbocycles. The van der Waals surface area contributed by atoms with Gasteiger partial charge >= 0.3 is 0 Å². The number of carbonyl (C=O) groups is 1. The summed E-state index contributed by atoms with van der Waals surface area (Å²) in [5.41, 5.74) is 1.66. The number of benzene rings is 1. The van der Waals surface area contributed by atoms with Crippen molar-refractivity contribution in [1.82, 2.24) is 0 Å². The maximum Gasteiger partial charge on any atom is 0.136 e. The van der Waals surface area contributed by atoms with Gasteiger partial charge in [0.1, 0.15) is 11.5 Å². The van der Waals surface area contributed by atoms with Crippen molar-refractivity contribution in [2.75, 3.05) is 7.11 Å². The Balaban J connectivity index is 1.80. The molecule has 20 heavy (non-hydrogen) atoms. The SMILES string of the molecule is COc1ccc(CCC(=O)C2CCC(C)(C)CC2)cc1. The van der Waals surface area contributed by atoms with Crippen LogP contribution >= 0.6 is 0 Å². The van der Waals surface area contributed by atoms with Crippen LogP contribution in [0.4, 0.5) is 0 Å². The minimum atomic E-state index is 0.307. The van der Waals surface area contributed by atoms with Crippen LogP contribution < -0.4 is 4.74 Å². The molecule has 0 saturated heterocycles. The number of ketones is 1. The lowest BCUT2D eigenvalue weighted by Crippen LogP contribution is -2.26. The molecule has 0 spiro atoms. The summed E-state index contributed by atoms with van der Waals surface area (Å²) in [7, 11) is 1.67. The Morgan fingerprint density at radius 1 is 1.20 bits per heavy atom. The van der Waals surface area contributed by atoms with Gasteiger partial charge < -0.3 is 4.74 Å². The summed E-state index contributed by atoms with van der Waals surface area (Å²) < 4.78 is 5.14. The third-order valence-electron chi connectivity index (χ3n) is 4.61. The molecule has 2 rings (SSSR count). The molecule has 0 amide bonds. The molecule has 1 aliphatic carbocycles. The summed E-state index contributed by atoms with van der Waals surface area (Å²) in [6.07, 6.45) is 6.06. The number of ether oxygens (including phenoxy) is 1. The first-order valence-corrected chi connectivity index (χ1v) is 7.66. The maximum absolute atomic E-state index is 12.3. The molecule has 0 bridgehead atoms. The molecule has 0 N–H and O–H groups in total. The highest BCUT2D eigenvalue weighted by Crippen LogP contribution is 2.38. The average Bonchev–Trinajstić information content (AvgIpc) is 2.45. The fourth-order valence-corrected chi connectivity index (χ4v) is 2.99. The smallest absolute Gasteiger partial charge is 0.136 e. The van der Waals surface area contributed by atoms with E-state index in [0.717, 1.165) is 25.0 Å². The number of Topliss-reactive ketones (excluding diaryl/α,β-unsaturated/α-hetero) is 1. The summed E-state index contributed by atoms with van der Waals surface area (Å²) in [4.78, 5) is 12.3. The van der Waals surface area contributed by atoms with Crippen LogP contribution in [-0.4, -0.2) is 12.9 Å². The molecule has 2 heteroatoms. The van der Waals surface area contributed by atoms with E-state index >= 15 is 0 Å². The van der Waals surface area contributed by atoms with E-state index in [1.54, 1.807) is 7.11 Å². The van der Waals surface area contributed by atoms with Crippen molar-refractivity contribution in [3.05, 3.63) is 29.8 Å². The lowest BCUT2D eigenvalue weighted by atomic mass is 9.71. The number of carbonyl (C=O) groups excluding carboxylic acids is 1. The first kappa shape index (κ1) is 15.1. The van der Waals surface area contributed by atoms with Gasteiger partial charge in [0, 0.05) is 12.3 Å². The Hall–Kier alpha value is -1.31. The Kier molecular flexibility index (Phi) is 4.85. The second kappa shape index (κ2) is 6.43. The van der Waals surface area contributed by atoms with Crippen molar-refractivity contribution in [2.24, 2.45) is 11.3 Å². The third-order valence-corrected chi connectivity index (χ3v) is 4.61. The Morgan fingerprint density at radius 2 is 1.80 bits per heavy atom. The van der Waals surface area contributed by atoms with Crippen LogP contribution in [0.1, 0.15) is 51.5 Å². The second-order valence-corrected chi connectivity index (χ2v) is 6.75. The molecule has 0 aromatic heterocycles. The van der Waals surface area contributed by atoms with Crippen LogP contribution in [0, 0.1) is 11.3 Å². The second-order valence-electron chi connectivity index (χ2n) is 6.75. The van der Waals surface area contributed by atoms with Crippen LogP contribution in [0.3, 0.4) is 0 Å². The van der Waals surface area contributed by atoms with Crippen molar-refractivity contribution < 1.29 is 9.53 Å². The molecule has 1 aliphatic rings. The molecule has 1 aromatic carbocycles. The lowest BCUT2D eigenvalue weighted by Gasteiger charge is -2.33. The molecule has 1 fully saturated rings. The van der Waals surface area contributed by atoms with E-state index in [9.17, 15) is 4.79 Å². The lowest BCUT2D eigenvalue weighted by molar-refractivity contribution is -0.124. The van der Waals surface area contributed by atoms with Crippen molar-refractivity contribution in [3.63, 3.8) is 0 Å². The van der Waals surface area contributed by atoms with Gasteiger partial charge in [0.25, 0.3) is 0 Å². The van der Waals surface area contributed by atoms with Gasteiger partial charge in [0.15, 0.2) is 0 Å². The molecule has 2 nitrogen and oxygen atoms in total. The first-order valence-electron chi connectivity index (χ1n) is 7.66. The zero-order valence-corrected chi connectivity index (χ0v) is 12.9. The molecule has 0 heterocycles. The zero-order valence-electron chi connectivity index (χ0n) is 12.9. The number of methoxy groups -OCH3 is 1. The van der Waals surface area contributed by atoms with Crippen LogP contribution in [0.2, 0.25) is 0 Å². The van der Waals surface area contributed by atoms with E-state index in [1.165, 1.54) is 18.4 Å². The maximum atomic E-state index is 12.3. The molecule has 0 aliphatic heterocycles. The van der Waals surface area contributed by atoms with Gasteiger partial charge in [-0.2, -0.15) is 0 Å². The topological polar surface area (TPSA) is 26.3 Å². The highest BCUT2D eigenvalue weighted by molar-refractivity contribution is 5.81. The van der Waals surface area contributed by atoms with Gasteiger partial charge in [-0.3, -0.25) is 4.79 Å². The minimum Gasteiger partial charge on any atom is -0.497 e. The monoisotopic (exact) mass is 274 g/mol. The van der Waals surface area contributed by atoms with E-state index in [0.29, 0.717) is 23.5 Å². The van der Waals surface area contributed by atoms with Crippen LogP contribution in [-0.2, 0) is 11.2 Å². The average molecular weight is 274 g/mol. The molecule has 0 radical (unpaired) electrons. The van der Waals surface area contributed by atoms with E-state index in [-0.39, 0.29) is 0 Å². The number of hydrogen-bond donors (Lipinski definition) is 0. The standard InChI is InChI=1S/C18H26O2/c1-18(2)12-10-15(11-13-18)17(19)9-6-14-4-7-16(20-3)8-5-14/h4-5,7-8,15H,6,9-13H2,1-3H3. The van der Waals surface area contributed by atoms with Crippen LogP contribution in [0.25, 0.3) is 0 Å². The van der Waals surface area contributed by atoms with Crippen molar-refractivity contribution in [1.29, 1.82) is 0 Å². The predicted molar refractivity (Wildman–Crippen MR) is 82.1 cm³/mol. The number of hydrogen-bond acceptors (Lipinski definition) is 2. The molecule has 0 atom stereocenters. The predicted octanol–water partition coefficient (Wildman–Crippen LogP) is 4.41. The number of aryl methyl sites for hydroxylation is 1. The normalized spacial score (nSPS) is 18.8. The van der Waals surface area contributed by atoms with E-state index in [4.69, 9.17) is 4.74 Å². The summed E-state index contributed by atoms with van der Waals surface area (Å²) in [6.45, 7) is 4.62. The molecular formula is C18H26O2. The third kappa shape index (κ3) is 4.09. The summed E-state index contributed by atoms with van der Waals surface area (Å²) in [5.74, 6) is 1.63. The van der Waals surface area contributed by atoms with Gasteiger partial charge in [-0.05, 0) is 55.2 Å². The summed E-state index contributed by atoms with van der Waals surface area (Å²) in [6, 6.07) is 8.03. The quantitative estimate of drug-likeness (QED) is 0.794. The Labute approximate surface area is 122 Å². The van der Waals surface area contributed by atoms with Gasteiger partial charge in [-0.15, -0.1) is 0 Å². The van der Waals surface area contributed by atoms with Crippen LogP contribution in [0.5, 0.6) is 5.75 Å². The highest BCUT2D eigenvalue weighted by atomic mass is 16.5. The Bertz CT molecular complexity index is 435.